The highest BCUT2D eigenvalue weighted by Gasteiger charge is 2.16. The molecule has 1 atom stereocenters. The van der Waals surface area contributed by atoms with Crippen LogP contribution in [-0.4, -0.2) is 35.6 Å². The molecule has 2 aromatic rings. The van der Waals surface area contributed by atoms with Crippen molar-refractivity contribution in [2.75, 3.05) is 25.0 Å². The van der Waals surface area contributed by atoms with E-state index in [1.165, 1.54) is 11.1 Å². The van der Waals surface area contributed by atoms with Gasteiger partial charge in [0.2, 0.25) is 0 Å². The van der Waals surface area contributed by atoms with Gasteiger partial charge in [-0.1, -0.05) is 24.3 Å². The third-order valence-electron chi connectivity index (χ3n) is 4.61. The van der Waals surface area contributed by atoms with Crippen LogP contribution in [0.2, 0.25) is 0 Å². The van der Waals surface area contributed by atoms with Gasteiger partial charge in [0, 0.05) is 43.5 Å². The Hall–Kier alpha value is -2.44. The molecule has 26 heavy (non-hydrogen) atoms. The largest absolute Gasteiger partial charge is 0.381 e. The van der Waals surface area contributed by atoms with E-state index in [2.05, 4.69) is 41.4 Å². The van der Waals surface area contributed by atoms with Crippen molar-refractivity contribution < 1.29 is 9.66 Å². The molecule has 3 rings (SSSR count). The number of anilines is 1. The molecule has 138 valence electrons. The normalized spacial score (nSPS) is 17.8. The van der Waals surface area contributed by atoms with E-state index in [0.29, 0.717) is 18.2 Å². The van der Waals surface area contributed by atoms with Gasteiger partial charge in [0.15, 0.2) is 0 Å². The Morgan fingerprint density at radius 1 is 1.27 bits per heavy atom. The van der Waals surface area contributed by atoms with Crippen molar-refractivity contribution in [1.29, 1.82) is 0 Å². The smallest absolute Gasteiger partial charge is 0.272 e. The summed E-state index contributed by atoms with van der Waals surface area (Å²) in [6.45, 7) is 8.20. The van der Waals surface area contributed by atoms with Gasteiger partial charge >= 0.3 is 0 Å². The molecule has 0 spiro atoms. The third-order valence-corrected chi connectivity index (χ3v) is 4.61. The summed E-state index contributed by atoms with van der Waals surface area (Å²) in [5.41, 5.74) is 4.19. The highest BCUT2D eigenvalue weighted by Crippen LogP contribution is 2.22. The van der Waals surface area contributed by atoms with Gasteiger partial charge in [0.25, 0.3) is 5.69 Å². The highest BCUT2D eigenvalue weighted by molar-refractivity contribution is 5.53. The number of hydrogen-bond donors (Lipinski definition) is 1. The first kappa shape index (κ1) is 18.4. The molecule has 0 aliphatic carbocycles. The molecule has 2 aromatic carbocycles. The second-order valence-corrected chi connectivity index (χ2v) is 6.85. The minimum Gasteiger partial charge on any atom is -0.381 e. The van der Waals surface area contributed by atoms with Crippen molar-refractivity contribution in [3.8, 4) is 0 Å². The lowest BCUT2D eigenvalue weighted by molar-refractivity contribution is -0.385. The lowest BCUT2D eigenvalue weighted by Crippen LogP contribution is -2.40. The lowest BCUT2D eigenvalue weighted by atomic mass is 10.1. The Labute approximate surface area is 153 Å². The number of nitro groups is 1. The van der Waals surface area contributed by atoms with Crippen LogP contribution >= 0.6 is 0 Å². The minimum atomic E-state index is -0.352. The number of hydrogen-bond acceptors (Lipinski definition) is 5. The van der Waals surface area contributed by atoms with Crippen LogP contribution in [0.3, 0.4) is 0 Å². The second kappa shape index (κ2) is 8.29. The van der Waals surface area contributed by atoms with Gasteiger partial charge in [-0.3, -0.25) is 15.0 Å². The molecule has 1 aliphatic heterocycles. The summed E-state index contributed by atoms with van der Waals surface area (Å²) in [7, 11) is 0. The van der Waals surface area contributed by atoms with Gasteiger partial charge in [-0.2, -0.15) is 0 Å². The maximum absolute atomic E-state index is 10.9. The summed E-state index contributed by atoms with van der Waals surface area (Å²) < 4.78 is 5.60. The minimum absolute atomic E-state index is 0.150. The summed E-state index contributed by atoms with van der Waals surface area (Å²) in [4.78, 5) is 13.0. The van der Waals surface area contributed by atoms with Crippen molar-refractivity contribution in [2.45, 2.75) is 33.0 Å². The van der Waals surface area contributed by atoms with E-state index in [1.54, 1.807) is 19.1 Å². The Balaban J connectivity index is 1.60. The molecule has 0 bridgehead atoms. The number of nitrogens with zero attached hydrogens (tertiary/aromatic N) is 2. The number of benzene rings is 2. The molecular formula is C20H25N3O3. The summed E-state index contributed by atoms with van der Waals surface area (Å²) in [5.74, 6) is 0. The average molecular weight is 355 g/mol. The highest BCUT2D eigenvalue weighted by atomic mass is 16.6. The van der Waals surface area contributed by atoms with Crippen LogP contribution in [0.15, 0.2) is 42.5 Å². The van der Waals surface area contributed by atoms with Crippen molar-refractivity contribution >= 4 is 11.4 Å². The quantitative estimate of drug-likeness (QED) is 0.632. The zero-order chi connectivity index (χ0) is 18.5. The molecule has 1 unspecified atom stereocenters. The lowest BCUT2D eigenvalue weighted by Gasteiger charge is -2.31. The maximum Gasteiger partial charge on any atom is 0.272 e. The zero-order valence-corrected chi connectivity index (χ0v) is 15.3. The standard InChI is InChI=1S/C20H25N3O3/c1-15-10-19(6-7-20(15)23(24)25)21-12-17-4-3-5-18(11-17)14-22-8-9-26-16(2)13-22/h3-7,10-11,16,21H,8-9,12-14H2,1-2H3. The summed E-state index contributed by atoms with van der Waals surface area (Å²) >= 11 is 0. The molecule has 6 nitrogen and oxygen atoms in total. The fourth-order valence-electron chi connectivity index (χ4n) is 3.30. The van der Waals surface area contributed by atoms with E-state index < -0.39 is 0 Å². The average Bonchev–Trinajstić information content (AvgIpc) is 2.60. The van der Waals surface area contributed by atoms with Crippen LogP contribution in [0.25, 0.3) is 0 Å². The van der Waals surface area contributed by atoms with Crippen LogP contribution in [-0.2, 0) is 17.8 Å². The van der Waals surface area contributed by atoms with Crippen molar-refractivity contribution in [3.63, 3.8) is 0 Å². The molecule has 0 aromatic heterocycles. The number of nitro benzene ring substituents is 1. The van der Waals surface area contributed by atoms with Crippen LogP contribution in [0, 0.1) is 17.0 Å². The topological polar surface area (TPSA) is 67.6 Å². The van der Waals surface area contributed by atoms with E-state index in [9.17, 15) is 10.1 Å². The fraction of sp³-hybridized carbons (Fsp3) is 0.400. The number of morpholine rings is 1. The summed E-state index contributed by atoms with van der Waals surface area (Å²) in [6, 6.07) is 13.7. The number of nitrogens with one attached hydrogen (secondary N) is 1. The molecule has 1 N–H and O–H groups in total. The molecule has 6 heteroatoms. The van der Waals surface area contributed by atoms with E-state index in [0.717, 1.165) is 31.9 Å². The van der Waals surface area contributed by atoms with Gasteiger partial charge < -0.3 is 10.1 Å². The molecule has 1 heterocycles. The molecule has 1 aliphatic rings. The van der Waals surface area contributed by atoms with E-state index in [1.807, 2.05) is 6.07 Å². The van der Waals surface area contributed by atoms with Gasteiger partial charge in [-0.05, 0) is 37.1 Å². The van der Waals surface area contributed by atoms with E-state index in [4.69, 9.17) is 4.74 Å². The molecular weight excluding hydrogens is 330 g/mol. The van der Waals surface area contributed by atoms with Gasteiger partial charge in [0.1, 0.15) is 0 Å². The van der Waals surface area contributed by atoms with Crippen LogP contribution in [0.4, 0.5) is 11.4 Å². The van der Waals surface area contributed by atoms with Crippen LogP contribution in [0.1, 0.15) is 23.6 Å². The van der Waals surface area contributed by atoms with Crippen LogP contribution in [0.5, 0.6) is 0 Å². The predicted molar refractivity (Wildman–Crippen MR) is 102 cm³/mol. The first-order valence-electron chi connectivity index (χ1n) is 8.92. The fourth-order valence-corrected chi connectivity index (χ4v) is 3.30. The summed E-state index contributed by atoms with van der Waals surface area (Å²) in [5, 5.41) is 14.3. The molecule has 1 fully saturated rings. The van der Waals surface area contributed by atoms with Crippen molar-refractivity contribution in [3.05, 3.63) is 69.3 Å². The molecule has 0 saturated carbocycles. The summed E-state index contributed by atoms with van der Waals surface area (Å²) in [6.07, 6.45) is 0.291. The Morgan fingerprint density at radius 3 is 2.81 bits per heavy atom. The zero-order valence-electron chi connectivity index (χ0n) is 15.3. The van der Waals surface area contributed by atoms with E-state index >= 15 is 0 Å². The Bertz CT molecular complexity index is 779. The monoisotopic (exact) mass is 355 g/mol. The Morgan fingerprint density at radius 2 is 2.08 bits per heavy atom. The SMILES string of the molecule is Cc1cc(NCc2cccc(CN3CCOC(C)C3)c2)ccc1[N+](=O)[O-]. The second-order valence-electron chi connectivity index (χ2n) is 6.85. The van der Waals surface area contributed by atoms with Gasteiger partial charge in [0.05, 0.1) is 17.6 Å². The number of rotatable bonds is 6. The molecule has 0 amide bonds. The van der Waals surface area contributed by atoms with Gasteiger partial charge in [-0.15, -0.1) is 0 Å². The van der Waals surface area contributed by atoms with Crippen LogP contribution < -0.4 is 5.32 Å². The first-order valence-corrected chi connectivity index (χ1v) is 8.92. The number of aryl methyl sites for hydroxylation is 1. The van der Waals surface area contributed by atoms with Crippen molar-refractivity contribution in [1.82, 2.24) is 4.90 Å². The van der Waals surface area contributed by atoms with E-state index in [-0.39, 0.29) is 10.6 Å². The van der Waals surface area contributed by atoms with Crippen molar-refractivity contribution in [2.24, 2.45) is 0 Å². The first-order chi connectivity index (χ1) is 12.5. The maximum atomic E-state index is 10.9. The van der Waals surface area contributed by atoms with Gasteiger partial charge in [-0.25, -0.2) is 0 Å². The predicted octanol–water partition coefficient (Wildman–Crippen LogP) is 3.74. The number of ether oxygens (including phenoxy) is 1. The Kier molecular flexibility index (Phi) is 5.85. The molecule has 0 radical (unpaired) electrons. The molecule has 1 saturated heterocycles. The third kappa shape index (κ3) is 4.80.